The average Bonchev–Trinajstić information content (AvgIpc) is 3.32. The molecule has 2 saturated heterocycles. The van der Waals surface area contributed by atoms with E-state index in [1.54, 1.807) is 12.1 Å². The van der Waals surface area contributed by atoms with Gasteiger partial charge in [0.15, 0.2) is 21.2 Å². The Bertz CT molecular complexity index is 1670. The molecule has 3 fully saturated rings. The van der Waals surface area contributed by atoms with Crippen molar-refractivity contribution in [1.82, 2.24) is 4.90 Å². The fraction of sp³-hybridized carbons (Fsp3) is 0.345. The van der Waals surface area contributed by atoms with E-state index in [4.69, 9.17) is 27.9 Å². The van der Waals surface area contributed by atoms with Crippen LogP contribution in [0.15, 0.2) is 48.0 Å². The number of rotatable bonds is 3. The first-order valence-electron chi connectivity index (χ1n) is 13.1. The number of hydrogen-bond donors (Lipinski definition) is 1. The highest BCUT2D eigenvalue weighted by molar-refractivity contribution is 14.1. The smallest absolute Gasteiger partial charge is 0.423 e. The molecule has 2 heterocycles. The molecule has 1 saturated carbocycles. The fourth-order valence-electron chi connectivity index (χ4n) is 6.96. The predicted molar refractivity (Wildman–Crippen MR) is 158 cm³/mol. The molecule has 0 bridgehead atoms. The van der Waals surface area contributed by atoms with Crippen LogP contribution in [0, 0.1) is 27.1 Å². The molecule has 4 aliphatic rings. The van der Waals surface area contributed by atoms with E-state index in [1.165, 1.54) is 25.3 Å². The Morgan fingerprint density at radius 3 is 2.35 bits per heavy atom. The van der Waals surface area contributed by atoms with E-state index in [-0.39, 0.29) is 30.0 Å². The molecule has 0 unspecified atom stereocenters. The summed E-state index contributed by atoms with van der Waals surface area (Å²) >= 11 is 16.4. The van der Waals surface area contributed by atoms with E-state index in [2.05, 4.69) is 4.74 Å². The summed E-state index contributed by atoms with van der Waals surface area (Å²) in [6, 6.07) is 7.71. The van der Waals surface area contributed by atoms with E-state index in [0.29, 0.717) is 19.6 Å². The van der Waals surface area contributed by atoms with Crippen LogP contribution < -0.4 is 9.64 Å². The summed E-state index contributed by atoms with van der Waals surface area (Å²) in [5, 5.41) is 10.6. The molecule has 10 nitrogen and oxygen atoms in total. The average molecular weight is 743 g/mol. The minimum atomic E-state index is -2.16. The molecular weight excluding hydrogens is 721 g/mol. The maximum absolute atomic E-state index is 14.3. The number of phenolic OH excluding ortho intramolecular Hbond substituents is 1. The first-order valence-corrected chi connectivity index (χ1v) is 14.9. The maximum Gasteiger partial charge on any atom is 0.423 e. The summed E-state index contributed by atoms with van der Waals surface area (Å²) in [5.41, 5.74) is 0.879. The second-order valence-electron chi connectivity index (χ2n) is 10.8. The Morgan fingerprint density at radius 1 is 1.05 bits per heavy atom. The largest absolute Gasteiger partial charge is 0.504 e. The first-order chi connectivity index (χ1) is 20.3. The van der Waals surface area contributed by atoms with Gasteiger partial charge in [-0.3, -0.25) is 19.2 Å². The van der Waals surface area contributed by atoms with Crippen LogP contribution in [-0.4, -0.2) is 63.7 Å². The van der Waals surface area contributed by atoms with Crippen LogP contribution in [0.25, 0.3) is 0 Å². The minimum absolute atomic E-state index is 0.0429. The Balaban J connectivity index is 1.58. The van der Waals surface area contributed by atoms with Crippen molar-refractivity contribution >= 4 is 81.2 Å². The zero-order chi connectivity index (χ0) is 31.2. The number of allylic oxidation sites excluding steroid dienone is 2. The van der Waals surface area contributed by atoms with Gasteiger partial charge in [-0.15, -0.1) is 23.2 Å². The first kappa shape index (κ1) is 29.8. The van der Waals surface area contributed by atoms with Crippen LogP contribution in [0.4, 0.5) is 14.9 Å². The number of aromatic hydroxyl groups is 1. The van der Waals surface area contributed by atoms with Gasteiger partial charge in [0.2, 0.25) is 11.8 Å². The molecule has 5 amide bonds. The fourth-order valence-corrected chi connectivity index (χ4v) is 8.52. The zero-order valence-electron chi connectivity index (χ0n) is 22.5. The molecule has 2 aromatic rings. The number of likely N-dealkylation sites (tertiary alicyclic amines) is 1. The standard InChI is InChI=1S/C29H22Cl2FIN2O8/c1-42-19-10-12(9-18(33)22(19)36)21-15-7-8-16-20(24(38)35(23(16)37)27(41)43-2)17(15)11-28(30)25(39)34(26(40)29(21,28)31)14-5-3-13(32)4-6-14/h3-7,9-10,16-17,20-21,36H,8,11H2,1-2H3/t16-,17+,20-,21-,28+,29-/m0/s1. The van der Waals surface area contributed by atoms with Crippen LogP contribution in [-0.2, 0) is 23.9 Å². The lowest BCUT2D eigenvalue weighted by atomic mass is 9.56. The molecular formula is C29H22Cl2FIN2O8. The Kier molecular flexibility index (Phi) is 7.05. The van der Waals surface area contributed by atoms with Crippen molar-refractivity contribution < 1.29 is 42.9 Å². The molecule has 14 heteroatoms. The Hall–Kier alpha value is -3.23. The quantitative estimate of drug-likeness (QED) is 0.211. The summed E-state index contributed by atoms with van der Waals surface area (Å²) in [6.07, 6.45) is 0.305. The van der Waals surface area contributed by atoms with E-state index in [1.807, 2.05) is 22.6 Å². The monoisotopic (exact) mass is 742 g/mol. The van der Waals surface area contributed by atoms with Crippen molar-refractivity contribution in [3.63, 3.8) is 0 Å². The highest BCUT2D eigenvalue weighted by Gasteiger charge is 2.76. The van der Waals surface area contributed by atoms with Crippen LogP contribution in [0.5, 0.6) is 11.5 Å². The van der Waals surface area contributed by atoms with Crippen molar-refractivity contribution in [3.8, 4) is 11.5 Å². The summed E-state index contributed by atoms with van der Waals surface area (Å²) in [7, 11) is 2.39. The summed E-state index contributed by atoms with van der Waals surface area (Å²) < 4.78 is 24.2. The molecule has 6 rings (SSSR count). The third kappa shape index (κ3) is 3.91. The van der Waals surface area contributed by atoms with Gasteiger partial charge in [-0.2, -0.15) is 4.90 Å². The van der Waals surface area contributed by atoms with Gasteiger partial charge >= 0.3 is 6.09 Å². The number of imide groups is 4. The van der Waals surface area contributed by atoms with Crippen molar-refractivity contribution in [1.29, 1.82) is 0 Å². The lowest BCUT2D eigenvalue weighted by Crippen LogP contribution is -2.60. The number of ether oxygens (including phenoxy) is 2. The number of halogens is 4. The maximum atomic E-state index is 14.3. The lowest BCUT2D eigenvalue weighted by molar-refractivity contribution is -0.138. The zero-order valence-corrected chi connectivity index (χ0v) is 26.1. The molecule has 43 heavy (non-hydrogen) atoms. The number of carbonyl (C=O) groups excluding carboxylic acids is 5. The van der Waals surface area contributed by atoms with Crippen molar-refractivity contribution in [2.24, 2.45) is 17.8 Å². The number of hydrogen-bond acceptors (Lipinski definition) is 8. The van der Waals surface area contributed by atoms with E-state index >= 15 is 0 Å². The van der Waals surface area contributed by atoms with E-state index in [9.17, 15) is 33.5 Å². The highest BCUT2D eigenvalue weighted by Crippen LogP contribution is 2.66. The van der Waals surface area contributed by atoms with Crippen LogP contribution in [0.2, 0.25) is 0 Å². The lowest BCUT2D eigenvalue weighted by Gasteiger charge is -2.50. The molecule has 0 spiro atoms. The Labute approximate surface area is 267 Å². The molecule has 6 atom stereocenters. The second-order valence-corrected chi connectivity index (χ2v) is 13.2. The number of fused-ring (bicyclic) bond motifs is 4. The molecule has 2 aromatic carbocycles. The van der Waals surface area contributed by atoms with E-state index < -0.39 is 69.0 Å². The number of benzene rings is 2. The van der Waals surface area contributed by atoms with Gasteiger partial charge in [-0.25, -0.2) is 14.1 Å². The second kappa shape index (κ2) is 10.2. The molecule has 0 radical (unpaired) electrons. The van der Waals surface area contributed by atoms with Crippen molar-refractivity contribution in [2.75, 3.05) is 19.1 Å². The van der Waals surface area contributed by atoms with Crippen LogP contribution in [0.3, 0.4) is 0 Å². The molecule has 2 aliphatic heterocycles. The third-order valence-electron chi connectivity index (χ3n) is 8.86. The Morgan fingerprint density at radius 2 is 1.72 bits per heavy atom. The number of alkyl halides is 2. The number of carbonyl (C=O) groups is 5. The van der Waals surface area contributed by atoms with Gasteiger partial charge in [0.05, 0.1) is 35.3 Å². The molecule has 1 N–H and O–H groups in total. The normalized spacial score (nSPS) is 31.4. The third-order valence-corrected chi connectivity index (χ3v) is 11.1. The van der Waals surface area contributed by atoms with Crippen LogP contribution in [0.1, 0.15) is 24.3 Å². The highest BCUT2D eigenvalue weighted by atomic mass is 127. The SMILES string of the molecule is COC(=O)N1C(=O)[C@H]2[C@H](CC=C3[C@H]2C[C@@]2(Cl)C(=O)N(c4ccc(F)cc4)C(=O)[C@@]2(Cl)[C@H]3c2cc(I)c(O)c(OC)c2)C1=O. The summed E-state index contributed by atoms with van der Waals surface area (Å²) in [6.45, 7) is 0. The van der Waals surface area contributed by atoms with Gasteiger partial charge < -0.3 is 14.6 Å². The summed E-state index contributed by atoms with van der Waals surface area (Å²) in [4.78, 5) is 64.8. The predicted octanol–water partition coefficient (Wildman–Crippen LogP) is 4.47. The van der Waals surface area contributed by atoms with Gasteiger partial charge in [0.1, 0.15) is 5.82 Å². The van der Waals surface area contributed by atoms with Crippen LogP contribution >= 0.6 is 45.8 Å². The number of anilines is 1. The van der Waals surface area contributed by atoms with Gasteiger partial charge in [0.25, 0.3) is 11.8 Å². The molecule has 2 aliphatic carbocycles. The molecule has 0 aromatic heterocycles. The minimum Gasteiger partial charge on any atom is -0.504 e. The van der Waals surface area contributed by atoms with Gasteiger partial charge in [0, 0.05) is 5.92 Å². The van der Waals surface area contributed by atoms with Gasteiger partial charge in [-0.1, -0.05) is 11.6 Å². The van der Waals surface area contributed by atoms with Crippen molar-refractivity contribution in [3.05, 3.63) is 63.0 Å². The number of amides is 5. The topological polar surface area (TPSA) is 131 Å². The van der Waals surface area contributed by atoms with Crippen molar-refractivity contribution in [2.45, 2.75) is 28.5 Å². The number of phenols is 1. The van der Waals surface area contributed by atoms with E-state index in [0.717, 1.165) is 24.1 Å². The number of methoxy groups -OCH3 is 2. The number of nitrogens with zero attached hydrogens (tertiary/aromatic N) is 2. The van der Waals surface area contributed by atoms with Gasteiger partial charge in [-0.05, 0) is 83.3 Å². The summed E-state index contributed by atoms with van der Waals surface area (Å²) in [5.74, 6) is -8.02. The molecule has 224 valence electrons.